The van der Waals surface area contributed by atoms with Gasteiger partial charge in [0.1, 0.15) is 18.3 Å². The SMILES string of the molecule is CCCNC(=O)[C@@H](CC)N(Cc1ccccc1C)C(=O)CN(c1ccccc1OCC)S(=O)(=O)c1ccccc1. The lowest BCUT2D eigenvalue weighted by Gasteiger charge is -2.33. The molecule has 0 saturated heterocycles. The number of carbonyl (C=O) groups excluding carboxylic acids is 2. The molecule has 0 saturated carbocycles. The van der Waals surface area contributed by atoms with E-state index in [1.165, 1.54) is 17.0 Å². The zero-order valence-corrected chi connectivity index (χ0v) is 24.5. The van der Waals surface area contributed by atoms with Crippen LogP contribution in [0.5, 0.6) is 5.75 Å². The Hall–Kier alpha value is -3.85. The molecule has 8 nitrogen and oxygen atoms in total. The van der Waals surface area contributed by atoms with Crippen molar-refractivity contribution in [3.8, 4) is 5.75 Å². The predicted molar refractivity (Wildman–Crippen MR) is 158 cm³/mol. The smallest absolute Gasteiger partial charge is 0.264 e. The molecule has 0 aliphatic rings. The Morgan fingerprint density at radius 3 is 2.20 bits per heavy atom. The van der Waals surface area contributed by atoms with E-state index in [1.54, 1.807) is 42.5 Å². The second kappa shape index (κ2) is 14.5. The molecular weight excluding hydrogens is 526 g/mol. The molecule has 0 spiro atoms. The Kier molecular flexibility index (Phi) is 11.1. The number of rotatable bonds is 14. The van der Waals surface area contributed by atoms with Gasteiger partial charge in [0.15, 0.2) is 0 Å². The van der Waals surface area contributed by atoms with Gasteiger partial charge in [-0.3, -0.25) is 13.9 Å². The Labute approximate surface area is 238 Å². The van der Waals surface area contributed by atoms with E-state index in [1.807, 2.05) is 52.0 Å². The van der Waals surface area contributed by atoms with Gasteiger partial charge in [-0.05, 0) is 62.1 Å². The number of ether oxygens (including phenoxy) is 1. The van der Waals surface area contributed by atoms with Crippen molar-refractivity contribution in [3.05, 3.63) is 90.0 Å². The molecule has 0 radical (unpaired) electrons. The monoisotopic (exact) mass is 565 g/mol. The van der Waals surface area contributed by atoms with Crippen molar-refractivity contribution in [1.29, 1.82) is 0 Å². The lowest BCUT2D eigenvalue weighted by atomic mass is 10.1. The molecule has 214 valence electrons. The topological polar surface area (TPSA) is 96.0 Å². The number of amides is 2. The van der Waals surface area contributed by atoms with Crippen LogP contribution in [0, 0.1) is 6.92 Å². The van der Waals surface area contributed by atoms with Gasteiger partial charge >= 0.3 is 0 Å². The first-order valence-electron chi connectivity index (χ1n) is 13.7. The van der Waals surface area contributed by atoms with Gasteiger partial charge in [0.2, 0.25) is 11.8 Å². The summed E-state index contributed by atoms with van der Waals surface area (Å²) in [4.78, 5) is 28.9. The van der Waals surface area contributed by atoms with Crippen LogP contribution in [0.3, 0.4) is 0 Å². The fourth-order valence-electron chi connectivity index (χ4n) is 4.43. The highest BCUT2D eigenvalue weighted by molar-refractivity contribution is 7.92. The van der Waals surface area contributed by atoms with Crippen LogP contribution in [-0.4, -0.2) is 50.9 Å². The maximum absolute atomic E-state index is 14.2. The van der Waals surface area contributed by atoms with Crippen LogP contribution in [0.4, 0.5) is 5.69 Å². The van der Waals surface area contributed by atoms with Gasteiger partial charge in [-0.1, -0.05) is 68.4 Å². The van der Waals surface area contributed by atoms with E-state index < -0.39 is 28.5 Å². The van der Waals surface area contributed by atoms with Crippen LogP contribution < -0.4 is 14.4 Å². The third-order valence-corrected chi connectivity index (χ3v) is 8.35. The molecule has 1 atom stereocenters. The fourth-order valence-corrected chi connectivity index (χ4v) is 5.88. The highest BCUT2D eigenvalue weighted by Crippen LogP contribution is 2.33. The molecule has 0 fully saturated rings. The number of nitrogens with one attached hydrogen (secondary N) is 1. The average Bonchev–Trinajstić information content (AvgIpc) is 2.96. The van der Waals surface area contributed by atoms with Crippen LogP contribution in [0.15, 0.2) is 83.8 Å². The molecule has 0 unspecified atom stereocenters. The zero-order chi connectivity index (χ0) is 29.1. The summed E-state index contributed by atoms with van der Waals surface area (Å²) in [6.45, 7) is 8.01. The van der Waals surface area contributed by atoms with E-state index in [4.69, 9.17) is 4.74 Å². The van der Waals surface area contributed by atoms with Crippen molar-refractivity contribution >= 4 is 27.5 Å². The first-order valence-corrected chi connectivity index (χ1v) is 15.1. The minimum absolute atomic E-state index is 0.0484. The summed E-state index contributed by atoms with van der Waals surface area (Å²) in [7, 11) is -4.17. The number of carbonyl (C=O) groups is 2. The Morgan fingerprint density at radius 2 is 1.55 bits per heavy atom. The van der Waals surface area contributed by atoms with Gasteiger partial charge in [0.05, 0.1) is 17.2 Å². The van der Waals surface area contributed by atoms with Crippen LogP contribution in [0.25, 0.3) is 0 Å². The van der Waals surface area contributed by atoms with Gasteiger partial charge in [-0.25, -0.2) is 8.42 Å². The molecule has 0 aromatic heterocycles. The number of hydrogen-bond acceptors (Lipinski definition) is 5. The van der Waals surface area contributed by atoms with E-state index in [2.05, 4.69) is 5.32 Å². The normalized spacial score (nSPS) is 11.9. The Bertz CT molecular complexity index is 1380. The van der Waals surface area contributed by atoms with E-state index in [9.17, 15) is 18.0 Å². The number of anilines is 1. The Balaban J connectivity index is 2.10. The third kappa shape index (κ3) is 7.41. The first-order chi connectivity index (χ1) is 19.2. The minimum atomic E-state index is -4.17. The summed E-state index contributed by atoms with van der Waals surface area (Å²) < 4.78 is 34.8. The summed E-state index contributed by atoms with van der Waals surface area (Å²) in [5, 5.41) is 2.90. The van der Waals surface area contributed by atoms with Crippen LogP contribution in [0.2, 0.25) is 0 Å². The van der Waals surface area contributed by atoms with Gasteiger partial charge in [0.25, 0.3) is 10.0 Å². The molecule has 0 aliphatic heterocycles. The number of sulfonamides is 1. The standard InChI is InChI=1S/C31H39N3O5S/c1-5-21-32-31(36)27(6-2)33(22-25-16-12-11-15-24(25)4)30(35)23-34(28-19-13-14-20-29(28)39-7-3)40(37,38)26-17-9-8-10-18-26/h8-20,27H,5-7,21-23H2,1-4H3,(H,32,36)/t27-/m1/s1. The molecule has 9 heteroatoms. The quantitative estimate of drug-likeness (QED) is 0.299. The summed E-state index contributed by atoms with van der Waals surface area (Å²) in [6.07, 6.45) is 1.12. The fraction of sp³-hybridized carbons (Fsp3) is 0.355. The molecule has 3 aromatic rings. The minimum Gasteiger partial charge on any atom is -0.492 e. The Morgan fingerprint density at radius 1 is 0.900 bits per heavy atom. The van der Waals surface area contributed by atoms with Crippen molar-refractivity contribution in [2.45, 2.75) is 58.0 Å². The van der Waals surface area contributed by atoms with Crippen molar-refractivity contribution in [2.24, 2.45) is 0 Å². The largest absolute Gasteiger partial charge is 0.492 e. The van der Waals surface area contributed by atoms with E-state index >= 15 is 0 Å². The van der Waals surface area contributed by atoms with Crippen LogP contribution in [-0.2, 0) is 26.2 Å². The molecule has 1 N–H and O–H groups in total. The van der Waals surface area contributed by atoms with E-state index in [-0.39, 0.29) is 23.0 Å². The van der Waals surface area contributed by atoms with Crippen molar-refractivity contribution < 1.29 is 22.7 Å². The molecule has 40 heavy (non-hydrogen) atoms. The molecule has 2 amide bonds. The van der Waals surface area contributed by atoms with Crippen molar-refractivity contribution in [1.82, 2.24) is 10.2 Å². The highest BCUT2D eigenvalue weighted by atomic mass is 32.2. The molecule has 0 aliphatic carbocycles. The number of para-hydroxylation sites is 2. The molecular formula is C31H39N3O5S. The number of aryl methyl sites for hydroxylation is 1. The van der Waals surface area contributed by atoms with Gasteiger partial charge in [-0.2, -0.15) is 0 Å². The summed E-state index contributed by atoms with van der Waals surface area (Å²) in [5.74, 6) is -0.415. The first kappa shape index (κ1) is 30.7. The van der Waals surface area contributed by atoms with Crippen LogP contribution >= 0.6 is 0 Å². The molecule has 0 heterocycles. The molecule has 0 bridgehead atoms. The zero-order valence-electron chi connectivity index (χ0n) is 23.7. The average molecular weight is 566 g/mol. The molecule has 3 aromatic carbocycles. The molecule has 3 rings (SSSR count). The van der Waals surface area contributed by atoms with E-state index in [0.717, 1.165) is 21.9 Å². The third-order valence-electron chi connectivity index (χ3n) is 6.58. The van der Waals surface area contributed by atoms with Crippen molar-refractivity contribution in [2.75, 3.05) is 24.0 Å². The maximum atomic E-state index is 14.2. The highest BCUT2D eigenvalue weighted by Gasteiger charge is 2.34. The lowest BCUT2D eigenvalue weighted by Crippen LogP contribution is -2.52. The summed E-state index contributed by atoms with van der Waals surface area (Å²) in [6, 6.07) is 21.6. The van der Waals surface area contributed by atoms with Crippen LogP contribution in [0.1, 0.15) is 44.7 Å². The lowest BCUT2D eigenvalue weighted by molar-refractivity contribution is -0.140. The number of hydrogen-bond donors (Lipinski definition) is 1. The summed E-state index contributed by atoms with van der Waals surface area (Å²) in [5.41, 5.74) is 2.10. The number of nitrogens with zero attached hydrogens (tertiary/aromatic N) is 2. The van der Waals surface area contributed by atoms with Gasteiger partial charge in [-0.15, -0.1) is 0 Å². The second-order valence-corrected chi connectivity index (χ2v) is 11.3. The second-order valence-electron chi connectivity index (χ2n) is 9.39. The predicted octanol–water partition coefficient (Wildman–Crippen LogP) is 4.92. The number of benzene rings is 3. The van der Waals surface area contributed by atoms with Gasteiger partial charge in [0, 0.05) is 13.1 Å². The maximum Gasteiger partial charge on any atom is 0.264 e. The van der Waals surface area contributed by atoms with Crippen molar-refractivity contribution in [3.63, 3.8) is 0 Å². The van der Waals surface area contributed by atoms with Gasteiger partial charge < -0.3 is 15.0 Å². The van der Waals surface area contributed by atoms with E-state index in [0.29, 0.717) is 25.3 Å². The summed E-state index contributed by atoms with van der Waals surface area (Å²) >= 11 is 0.